The molecule has 0 radical (unpaired) electrons. The number of aromatic carboxylic acids is 1. The maximum Gasteiger partial charge on any atom is 0.356 e. The minimum Gasteiger partial charge on any atom is -0.476 e. The third-order valence-electron chi connectivity index (χ3n) is 5.27. The molecular weight excluding hydrogens is 415 g/mol. The summed E-state index contributed by atoms with van der Waals surface area (Å²) in [6.07, 6.45) is 2.85. The Labute approximate surface area is 182 Å². The summed E-state index contributed by atoms with van der Waals surface area (Å²) in [6, 6.07) is 9.22. The zero-order valence-electron chi connectivity index (χ0n) is 17.7. The zero-order valence-corrected chi connectivity index (χ0v) is 17.7. The number of aliphatic hydroxyl groups is 1. The van der Waals surface area contributed by atoms with E-state index in [0.29, 0.717) is 11.1 Å². The summed E-state index contributed by atoms with van der Waals surface area (Å²) in [5.41, 5.74) is 0.496. The van der Waals surface area contributed by atoms with Crippen LogP contribution < -0.4 is 5.56 Å². The number of aliphatic hydroxyl groups excluding tert-OH is 1. The lowest BCUT2D eigenvalue weighted by atomic mass is 9.86. The van der Waals surface area contributed by atoms with Crippen molar-refractivity contribution in [2.75, 3.05) is 0 Å². The van der Waals surface area contributed by atoms with Crippen LogP contribution in [0.4, 0.5) is 4.39 Å². The molecule has 0 saturated heterocycles. The Bertz CT molecular complexity index is 1420. The van der Waals surface area contributed by atoms with Gasteiger partial charge in [-0.05, 0) is 41.3 Å². The number of fused-ring (bicyclic) bond motifs is 1. The zero-order chi connectivity index (χ0) is 23.2. The summed E-state index contributed by atoms with van der Waals surface area (Å²) < 4.78 is 17.3. The van der Waals surface area contributed by atoms with Gasteiger partial charge in [0.15, 0.2) is 5.69 Å². The first-order chi connectivity index (χ1) is 15.1. The van der Waals surface area contributed by atoms with Gasteiger partial charge in [0.2, 0.25) is 0 Å². The number of hydrogen-bond donors (Lipinski definition) is 2. The first-order valence-corrected chi connectivity index (χ1v) is 9.86. The second-order valence-corrected chi connectivity index (χ2v) is 8.42. The quantitative estimate of drug-likeness (QED) is 0.508. The van der Waals surface area contributed by atoms with E-state index in [0.717, 1.165) is 10.2 Å². The molecule has 0 fully saturated rings. The molecule has 0 saturated carbocycles. The number of rotatable bonds is 4. The molecule has 0 spiro atoms. The van der Waals surface area contributed by atoms with Crippen molar-refractivity contribution in [3.63, 3.8) is 0 Å². The van der Waals surface area contributed by atoms with Crippen LogP contribution in [0.5, 0.6) is 0 Å². The van der Waals surface area contributed by atoms with E-state index in [1.807, 2.05) is 20.8 Å². The van der Waals surface area contributed by atoms with Gasteiger partial charge in [0.25, 0.3) is 5.56 Å². The van der Waals surface area contributed by atoms with Crippen molar-refractivity contribution in [3.8, 4) is 11.4 Å². The number of hydrogen-bond acceptors (Lipinski definition) is 5. The number of carboxylic acid groups (broad SMARTS) is 1. The first-order valence-electron chi connectivity index (χ1n) is 9.86. The van der Waals surface area contributed by atoms with Crippen LogP contribution in [0, 0.1) is 5.82 Å². The van der Waals surface area contributed by atoms with E-state index in [4.69, 9.17) is 5.11 Å². The predicted molar refractivity (Wildman–Crippen MR) is 116 cm³/mol. The third-order valence-corrected chi connectivity index (χ3v) is 5.27. The minimum absolute atomic E-state index is 0.102. The van der Waals surface area contributed by atoms with Crippen LogP contribution in [0.3, 0.4) is 0 Å². The highest BCUT2D eigenvalue weighted by Gasteiger charge is 2.20. The molecule has 0 amide bonds. The summed E-state index contributed by atoms with van der Waals surface area (Å²) >= 11 is 0. The summed E-state index contributed by atoms with van der Waals surface area (Å²) in [5.74, 6) is -1.84. The number of aromatic nitrogens is 4. The summed E-state index contributed by atoms with van der Waals surface area (Å²) in [5, 5.41) is 27.7. The molecule has 0 unspecified atom stereocenters. The highest BCUT2D eigenvalue weighted by atomic mass is 19.1. The predicted octanol–water partition coefficient (Wildman–Crippen LogP) is 3.20. The normalized spacial score (nSPS) is 11.8. The van der Waals surface area contributed by atoms with Gasteiger partial charge in [-0.2, -0.15) is 14.9 Å². The van der Waals surface area contributed by atoms with Gasteiger partial charge in [0, 0.05) is 17.1 Å². The second kappa shape index (κ2) is 7.69. The lowest BCUT2D eigenvalue weighted by Gasteiger charge is -2.20. The molecule has 32 heavy (non-hydrogen) atoms. The number of nitrogens with zero attached hydrogens (tertiary/aromatic N) is 4. The lowest BCUT2D eigenvalue weighted by molar-refractivity contribution is 0.0690. The van der Waals surface area contributed by atoms with Crippen LogP contribution >= 0.6 is 0 Å². The van der Waals surface area contributed by atoms with Crippen LogP contribution in [-0.2, 0) is 12.0 Å². The molecule has 2 aromatic heterocycles. The number of benzene rings is 2. The van der Waals surface area contributed by atoms with Gasteiger partial charge in [0.05, 0.1) is 29.6 Å². The van der Waals surface area contributed by atoms with E-state index in [1.165, 1.54) is 29.2 Å². The Morgan fingerprint density at radius 1 is 1.16 bits per heavy atom. The fourth-order valence-corrected chi connectivity index (χ4v) is 3.55. The van der Waals surface area contributed by atoms with Crippen molar-refractivity contribution in [2.45, 2.75) is 32.8 Å². The van der Waals surface area contributed by atoms with Crippen molar-refractivity contribution < 1.29 is 19.4 Å². The average molecular weight is 436 g/mol. The Kier molecular flexibility index (Phi) is 5.14. The monoisotopic (exact) mass is 436 g/mol. The van der Waals surface area contributed by atoms with Gasteiger partial charge < -0.3 is 10.2 Å². The van der Waals surface area contributed by atoms with Crippen LogP contribution in [-0.4, -0.2) is 35.7 Å². The number of halogens is 1. The maximum atomic E-state index is 15.0. The third kappa shape index (κ3) is 3.56. The summed E-state index contributed by atoms with van der Waals surface area (Å²) in [7, 11) is 0. The van der Waals surface area contributed by atoms with E-state index in [-0.39, 0.29) is 27.7 Å². The van der Waals surface area contributed by atoms with Crippen LogP contribution in [0.2, 0.25) is 0 Å². The molecule has 164 valence electrons. The van der Waals surface area contributed by atoms with Gasteiger partial charge in [-0.15, -0.1) is 0 Å². The average Bonchev–Trinajstić information content (AvgIpc) is 3.23. The molecule has 4 rings (SSSR count). The standard InChI is InChI=1S/C23H21FN4O4/c1-23(2,3)14-9-13-11-25-28(21(30)20(13)16(24)10-14)19-6-4-5-18(15(19)12-29)27-8-7-17(26-27)22(31)32/h4-11,29H,12H2,1-3H3,(H,31,32). The topological polar surface area (TPSA) is 110 Å². The van der Waals surface area contributed by atoms with Crippen molar-refractivity contribution in [3.05, 3.63) is 81.8 Å². The van der Waals surface area contributed by atoms with Gasteiger partial charge in [-0.3, -0.25) is 4.79 Å². The summed E-state index contributed by atoms with van der Waals surface area (Å²) in [4.78, 5) is 24.4. The van der Waals surface area contributed by atoms with Crippen LogP contribution in [0.1, 0.15) is 42.4 Å². The second-order valence-electron chi connectivity index (χ2n) is 8.42. The van der Waals surface area contributed by atoms with E-state index in [2.05, 4.69) is 10.2 Å². The van der Waals surface area contributed by atoms with Gasteiger partial charge in [-0.1, -0.05) is 26.8 Å². The largest absolute Gasteiger partial charge is 0.476 e. The maximum absolute atomic E-state index is 15.0. The van der Waals surface area contributed by atoms with Crippen molar-refractivity contribution >= 4 is 16.7 Å². The Morgan fingerprint density at radius 2 is 1.88 bits per heavy atom. The number of carboxylic acids is 1. The highest BCUT2D eigenvalue weighted by Crippen LogP contribution is 2.27. The Balaban J connectivity index is 1.93. The molecule has 0 aliphatic carbocycles. The van der Waals surface area contributed by atoms with E-state index in [9.17, 15) is 19.1 Å². The van der Waals surface area contributed by atoms with Gasteiger partial charge in [0.1, 0.15) is 5.82 Å². The SMILES string of the molecule is CC(C)(C)c1cc(F)c2c(=O)n(-c3cccc(-n4ccc(C(=O)O)n4)c3CO)ncc2c1. The molecule has 0 aliphatic heterocycles. The van der Waals surface area contributed by atoms with Crippen LogP contribution in [0.15, 0.2) is 53.6 Å². The molecule has 0 atom stereocenters. The molecule has 0 aliphatic rings. The van der Waals surface area contributed by atoms with E-state index >= 15 is 0 Å². The van der Waals surface area contributed by atoms with E-state index < -0.39 is 24.0 Å². The minimum atomic E-state index is -1.19. The van der Waals surface area contributed by atoms with Crippen molar-refractivity contribution in [1.29, 1.82) is 0 Å². The molecule has 2 N–H and O–H groups in total. The van der Waals surface area contributed by atoms with E-state index in [1.54, 1.807) is 24.3 Å². The molecule has 2 heterocycles. The molecule has 0 bridgehead atoms. The van der Waals surface area contributed by atoms with Crippen LogP contribution in [0.25, 0.3) is 22.1 Å². The van der Waals surface area contributed by atoms with Crippen molar-refractivity contribution in [1.82, 2.24) is 19.6 Å². The fourth-order valence-electron chi connectivity index (χ4n) is 3.55. The Hall–Kier alpha value is -3.85. The smallest absolute Gasteiger partial charge is 0.356 e. The molecule has 9 heteroatoms. The molecule has 4 aromatic rings. The molecule has 2 aromatic carbocycles. The van der Waals surface area contributed by atoms with Crippen molar-refractivity contribution in [2.24, 2.45) is 0 Å². The van der Waals surface area contributed by atoms with Gasteiger partial charge in [-0.25, -0.2) is 13.9 Å². The number of carbonyl (C=O) groups is 1. The molecule has 8 nitrogen and oxygen atoms in total. The summed E-state index contributed by atoms with van der Waals surface area (Å²) in [6.45, 7) is 5.37. The molecular formula is C23H21FN4O4. The lowest BCUT2D eigenvalue weighted by Crippen LogP contribution is -2.24. The fraction of sp³-hybridized carbons (Fsp3) is 0.217. The van der Waals surface area contributed by atoms with Gasteiger partial charge >= 0.3 is 5.97 Å². The first kappa shape index (κ1) is 21.4. The highest BCUT2D eigenvalue weighted by molar-refractivity contribution is 5.85. The Morgan fingerprint density at radius 3 is 2.50 bits per heavy atom.